The van der Waals surface area contributed by atoms with Crippen molar-refractivity contribution in [3.05, 3.63) is 59.5 Å². The smallest absolute Gasteiger partial charge is 0.156 e. The van der Waals surface area contributed by atoms with Crippen LogP contribution in [0.15, 0.2) is 42.6 Å². The molecule has 2 saturated heterocycles. The Balaban J connectivity index is 1.29. The minimum absolute atomic E-state index is 0.403. The Bertz CT molecular complexity index is 977. The molecular weight excluding hydrogens is 374 g/mol. The minimum atomic E-state index is 0.403. The molecule has 6 heteroatoms. The van der Waals surface area contributed by atoms with Gasteiger partial charge in [0.05, 0.1) is 25.1 Å². The number of benzene rings is 1. The molecule has 2 aliphatic rings. The van der Waals surface area contributed by atoms with Crippen LogP contribution in [0.25, 0.3) is 5.65 Å². The van der Waals surface area contributed by atoms with Crippen LogP contribution in [0.1, 0.15) is 42.6 Å². The van der Waals surface area contributed by atoms with Crippen molar-refractivity contribution in [2.24, 2.45) is 0 Å². The number of fused-ring (bicyclic) bond motifs is 1. The molecular formula is C24H31N5O. The van der Waals surface area contributed by atoms with Gasteiger partial charge in [0.2, 0.25) is 0 Å². The Labute approximate surface area is 178 Å². The molecule has 0 amide bonds. The van der Waals surface area contributed by atoms with Gasteiger partial charge in [-0.1, -0.05) is 31.2 Å². The van der Waals surface area contributed by atoms with Crippen molar-refractivity contribution < 1.29 is 4.74 Å². The Morgan fingerprint density at radius 1 is 1.00 bits per heavy atom. The molecule has 0 N–H and O–H groups in total. The molecule has 1 aromatic carbocycles. The van der Waals surface area contributed by atoms with Crippen LogP contribution in [0, 0.1) is 0 Å². The van der Waals surface area contributed by atoms with Crippen molar-refractivity contribution in [2.75, 3.05) is 44.3 Å². The number of likely N-dealkylation sites (tertiary alicyclic amines) is 1. The van der Waals surface area contributed by atoms with Gasteiger partial charge in [-0.05, 0) is 49.1 Å². The quantitative estimate of drug-likeness (QED) is 0.650. The summed E-state index contributed by atoms with van der Waals surface area (Å²) in [5, 5.41) is 4.88. The lowest BCUT2D eigenvalue weighted by Gasteiger charge is -2.31. The van der Waals surface area contributed by atoms with Gasteiger partial charge in [0.15, 0.2) is 11.5 Å². The Kier molecular flexibility index (Phi) is 5.69. The van der Waals surface area contributed by atoms with Gasteiger partial charge < -0.3 is 9.64 Å². The lowest BCUT2D eigenvalue weighted by Crippen LogP contribution is -2.36. The first-order valence-corrected chi connectivity index (χ1v) is 11.3. The van der Waals surface area contributed by atoms with E-state index in [4.69, 9.17) is 14.8 Å². The first-order chi connectivity index (χ1) is 14.8. The summed E-state index contributed by atoms with van der Waals surface area (Å²) < 4.78 is 7.44. The van der Waals surface area contributed by atoms with Crippen molar-refractivity contribution in [3.63, 3.8) is 0 Å². The second-order valence-electron chi connectivity index (χ2n) is 8.50. The van der Waals surface area contributed by atoms with Gasteiger partial charge in [0.1, 0.15) is 0 Å². The van der Waals surface area contributed by atoms with Crippen molar-refractivity contribution >= 4 is 11.3 Å². The van der Waals surface area contributed by atoms with Crippen molar-refractivity contribution in [2.45, 2.75) is 38.6 Å². The van der Waals surface area contributed by atoms with E-state index in [2.05, 4.69) is 59.3 Å². The maximum atomic E-state index is 5.48. The van der Waals surface area contributed by atoms with E-state index in [1.54, 1.807) is 0 Å². The van der Waals surface area contributed by atoms with Crippen LogP contribution in [0.5, 0.6) is 0 Å². The number of nitrogens with zero attached hydrogens (tertiary/aromatic N) is 5. The number of aromatic nitrogens is 3. The molecule has 0 unspecified atom stereocenters. The molecule has 0 radical (unpaired) electrons. The first kappa shape index (κ1) is 19.5. The molecule has 5 rings (SSSR count). The van der Waals surface area contributed by atoms with E-state index in [1.807, 2.05) is 4.52 Å². The maximum Gasteiger partial charge on any atom is 0.156 e. The monoisotopic (exact) mass is 405 g/mol. The fourth-order valence-corrected chi connectivity index (χ4v) is 4.62. The van der Waals surface area contributed by atoms with E-state index < -0.39 is 0 Å². The fourth-order valence-electron chi connectivity index (χ4n) is 4.62. The van der Waals surface area contributed by atoms with Gasteiger partial charge in [0.25, 0.3) is 0 Å². The highest BCUT2D eigenvalue weighted by atomic mass is 16.5. The summed E-state index contributed by atoms with van der Waals surface area (Å²) in [6.45, 7) is 8.85. The summed E-state index contributed by atoms with van der Waals surface area (Å²) in [7, 11) is 0. The van der Waals surface area contributed by atoms with E-state index in [0.29, 0.717) is 5.92 Å². The standard InChI is InChI=1S/C24H31N5O/c1-2-19-5-7-20(8-6-19)16-27-11-3-4-21(17-27)24-25-23-10-9-22(18-29(23)26-24)28-12-14-30-15-13-28/h5-10,18,21H,2-4,11-17H2,1H3/t21-/m1/s1. The van der Waals surface area contributed by atoms with E-state index >= 15 is 0 Å². The summed E-state index contributed by atoms with van der Waals surface area (Å²) in [6.07, 6.45) is 5.58. The van der Waals surface area contributed by atoms with Gasteiger partial charge in [0, 0.05) is 32.1 Å². The highest BCUT2D eigenvalue weighted by Gasteiger charge is 2.25. The zero-order valence-electron chi connectivity index (χ0n) is 17.8. The molecule has 0 aliphatic carbocycles. The first-order valence-electron chi connectivity index (χ1n) is 11.3. The average molecular weight is 406 g/mol. The number of rotatable bonds is 5. The van der Waals surface area contributed by atoms with Crippen LogP contribution in [-0.4, -0.2) is 58.9 Å². The van der Waals surface area contributed by atoms with E-state index in [9.17, 15) is 0 Å². The minimum Gasteiger partial charge on any atom is -0.378 e. The van der Waals surface area contributed by atoms with Crippen LogP contribution in [0.3, 0.4) is 0 Å². The van der Waals surface area contributed by atoms with Crippen molar-refractivity contribution in [1.29, 1.82) is 0 Å². The Morgan fingerprint density at radius 2 is 1.80 bits per heavy atom. The van der Waals surface area contributed by atoms with Crippen LogP contribution in [-0.2, 0) is 17.7 Å². The predicted molar refractivity (Wildman–Crippen MR) is 119 cm³/mol. The lowest BCUT2D eigenvalue weighted by atomic mass is 9.97. The van der Waals surface area contributed by atoms with Gasteiger partial charge in [-0.2, -0.15) is 5.10 Å². The fraction of sp³-hybridized carbons (Fsp3) is 0.500. The number of morpholine rings is 1. The van der Waals surface area contributed by atoms with E-state index in [1.165, 1.54) is 29.7 Å². The Hall–Kier alpha value is -2.44. The maximum absolute atomic E-state index is 5.48. The summed E-state index contributed by atoms with van der Waals surface area (Å²) in [4.78, 5) is 9.78. The molecule has 0 spiro atoms. The average Bonchev–Trinajstić information content (AvgIpc) is 3.24. The van der Waals surface area contributed by atoms with Crippen LogP contribution >= 0.6 is 0 Å². The second-order valence-corrected chi connectivity index (χ2v) is 8.50. The summed E-state index contributed by atoms with van der Waals surface area (Å²) in [5.74, 6) is 1.39. The van der Waals surface area contributed by atoms with Crippen LogP contribution in [0.4, 0.5) is 5.69 Å². The number of hydrogen-bond acceptors (Lipinski definition) is 5. The largest absolute Gasteiger partial charge is 0.378 e. The van der Waals surface area contributed by atoms with Crippen molar-refractivity contribution in [1.82, 2.24) is 19.5 Å². The molecule has 0 bridgehead atoms. The zero-order chi connectivity index (χ0) is 20.3. The van der Waals surface area contributed by atoms with Gasteiger partial charge in [-0.15, -0.1) is 0 Å². The molecule has 2 aromatic heterocycles. The lowest BCUT2D eigenvalue weighted by molar-refractivity contribution is 0.122. The molecule has 158 valence electrons. The van der Waals surface area contributed by atoms with Crippen LogP contribution in [0.2, 0.25) is 0 Å². The number of ether oxygens (including phenoxy) is 1. The summed E-state index contributed by atoms with van der Waals surface area (Å²) in [5.41, 5.74) is 4.93. The van der Waals surface area contributed by atoms with E-state index in [-0.39, 0.29) is 0 Å². The molecule has 3 aromatic rings. The molecule has 1 atom stereocenters. The van der Waals surface area contributed by atoms with Gasteiger partial charge in [-0.25, -0.2) is 9.50 Å². The second kappa shape index (κ2) is 8.74. The number of hydrogen-bond donors (Lipinski definition) is 0. The molecule has 4 heterocycles. The SMILES string of the molecule is CCc1ccc(CN2CCC[C@@H](c3nc4ccc(N5CCOCC5)cn4n3)C2)cc1. The van der Waals surface area contributed by atoms with E-state index in [0.717, 1.165) is 63.8 Å². The molecule has 0 saturated carbocycles. The summed E-state index contributed by atoms with van der Waals surface area (Å²) >= 11 is 0. The number of aryl methyl sites for hydroxylation is 1. The Morgan fingerprint density at radius 3 is 2.60 bits per heavy atom. The van der Waals surface area contributed by atoms with Gasteiger partial charge >= 0.3 is 0 Å². The highest BCUT2D eigenvalue weighted by molar-refractivity contribution is 5.51. The molecule has 2 aliphatic heterocycles. The topological polar surface area (TPSA) is 45.9 Å². The third-order valence-corrected chi connectivity index (χ3v) is 6.42. The molecule has 2 fully saturated rings. The predicted octanol–water partition coefficient (Wildman–Crippen LogP) is 3.51. The third-order valence-electron chi connectivity index (χ3n) is 6.42. The van der Waals surface area contributed by atoms with Crippen LogP contribution < -0.4 is 4.90 Å². The molecule has 6 nitrogen and oxygen atoms in total. The zero-order valence-corrected chi connectivity index (χ0v) is 17.8. The number of piperidine rings is 1. The normalized spacial score (nSPS) is 20.7. The van der Waals surface area contributed by atoms with Crippen molar-refractivity contribution in [3.8, 4) is 0 Å². The third kappa shape index (κ3) is 4.20. The number of pyridine rings is 1. The van der Waals surface area contributed by atoms with Gasteiger partial charge in [-0.3, -0.25) is 4.90 Å². The highest BCUT2D eigenvalue weighted by Crippen LogP contribution is 2.27. The molecule has 30 heavy (non-hydrogen) atoms. The number of anilines is 1. The summed E-state index contributed by atoms with van der Waals surface area (Å²) in [6, 6.07) is 13.3.